The lowest BCUT2D eigenvalue weighted by atomic mass is 10.3. The summed E-state index contributed by atoms with van der Waals surface area (Å²) >= 11 is 8.10. The molecule has 0 aliphatic heterocycles. The molecule has 0 saturated carbocycles. The van der Waals surface area contributed by atoms with E-state index in [0.717, 1.165) is 20.1 Å². The molecule has 0 radical (unpaired) electrons. The van der Waals surface area contributed by atoms with Gasteiger partial charge in [0.15, 0.2) is 10.8 Å². The van der Waals surface area contributed by atoms with Crippen LogP contribution in [0.2, 0.25) is 0 Å². The lowest BCUT2D eigenvalue weighted by Gasteiger charge is -2.05. The Morgan fingerprint density at radius 3 is 2.95 bits per heavy atom. The van der Waals surface area contributed by atoms with Crippen LogP contribution in [0.3, 0.4) is 0 Å². The van der Waals surface area contributed by atoms with E-state index in [1.54, 1.807) is 6.20 Å². The number of imidazole rings is 1. The van der Waals surface area contributed by atoms with Crippen molar-refractivity contribution in [3.05, 3.63) is 45.5 Å². The Morgan fingerprint density at radius 1 is 1.32 bits per heavy atom. The zero-order chi connectivity index (χ0) is 15.5. The molecule has 1 amide bonds. The van der Waals surface area contributed by atoms with E-state index >= 15 is 0 Å². The number of carbonyl (C=O) groups excluding carboxylic acids is 1. The molecule has 8 heteroatoms. The first-order valence-corrected chi connectivity index (χ1v) is 8.87. The number of aromatic amines is 1. The molecule has 0 spiro atoms. The molecule has 5 nitrogen and oxygen atoms in total. The number of benzene rings is 1. The molecule has 22 heavy (non-hydrogen) atoms. The van der Waals surface area contributed by atoms with E-state index in [0.29, 0.717) is 10.8 Å². The van der Waals surface area contributed by atoms with Gasteiger partial charge in [-0.05, 0) is 50.1 Å². The third kappa shape index (κ3) is 3.68. The van der Waals surface area contributed by atoms with Gasteiger partial charge in [0.1, 0.15) is 0 Å². The van der Waals surface area contributed by atoms with Crippen LogP contribution in [0.25, 0.3) is 11.2 Å². The number of aromatic nitrogens is 3. The number of anilines is 1. The molecule has 2 N–H and O–H groups in total. The van der Waals surface area contributed by atoms with Gasteiger partial charge >= 0.3 is 0 Å². The largest absolute Gasteiger partial charge is 0.331 e. The van der Waals surface area contributed by atoms with Crippen molar-refractivity contribution in [1.82, 2.24) is 15.0 Å². The Balaban J connectivity index is 1.63. The van der Waals surface area contributed by atoms with Crippen molar-refractivity contribution >= 4 is 66.4 Å². The van der Waals surface area contributed by atoms with Gasteiger partial charge in [0.25, 0.3) is 0 Å². The van der Waals surface area contributed by atoms with Gasteiger partial charge in [0.2, 0.25) is 5.91 Å². The maximum atomic E-state index is 12.0. The van der Waals surface area contributed by atoms with Crippen LogP contribution < -0.4 is 5.32 Å². The number of thioether (sulfide) groups is 1. The molecular weight excluding hydrogens is 432 g/mol. The molecule has 0 aliphatic rings. The average molecular weight is 442 g/mol. The van der Waals surface area contributed by atoms with Gasteiger partial charge in [-0.25, -0.2) is 9.97 Å². The quantitative estimate of drug-likeness (QED) is 0.594. The van der Waals surface area contributed by atoms with Gasteiger partial charge in [0.05, 0.1) is 17.0 Å². The maximum absolute atomic E-state index is 12.0. The Hall–Kier alpha value is -1.38. The predicted octanol–water partition coefficient (Wildman–Crippen LogP) is 4.21. The van der Waals surface area contributed by atoms with Crippen LogP contribution in [-0.4, -0.2) is 26.6 Å². The van der Waals surface area contributed by atoms with Crippen LogP contribution in [0.1, 0.15) is 0 Å². The first-order chi connectivity index (χ1) is 10.6. The number of rotatable bonds is 4. The van der Waals surface area contributed by atoms with E-state index in [2.05, 4.69) is 52.1 Å². The smallest absolute Gasteiger partial charge is 0.234 e. The molecule has 0 aliphatic carbocycles. The molecule has 3 aromatic rings. The topological polar surface area (TPSA) is 70.7 Å². The lowest BCUT2D eigenvalue weighted by Crippen LogP contribution is -2.14. The number of para-hydroxylation sites is 1. The van der Waals surface area contributed by atoms with Crippen LogP contribution in [-0.2, 0) is 4.79 Å². The molecule has 0 saturated heterocycles. The molecule has 112 valence electrons. The van der Waals surface area contributed by atoms with Gasteiger partial charge in [-0.1, -0.05) is 23.9 Å². The minimum Gasteiger partial charge on any atom is -0.331 e. The Labute approximate surface area is 147 Å². The number of hydrogen-bond donors (Lipinski definition) is 2. The number of H-pyrrole nitrogens is 1. The molecular formula is C14H10Br2N4OS. The van der Waals surface area contributed by atoms with Crippen LogP contribution in [0.5, 0.6) is 0 Å². The summed E-state index contributed by atoms with van der Waals surface area (Å²) in [6, 6.07) is 9.39. The second-order valence-electron chi connectivity index (χ2n) is 4.38. The number of fused-ring (bicyclic) bond motifs is 1. The fraction of sp³-hybridized carbons (Fsp3) is 0.0714. The van der Waals surface area contributed by atoms with Crippen molar-refractivity contribution in [2.75, 3.05) is 11.1 Å². The standard InChI is InChI=1S/C14H10Br2N4OS/c15-8-5-11-13(17-6-8)20-14(19-11)22-7-12(21)18-10-4-2-1-3-9(10)16/h1-6H,7H2,(H,18,21)(H,17,19,20). The predicted molar refractivity (Wildman–Crippen MR) is 95.1 cm³/mol. The third-order valence-electron chi connectivity index (χ3n) is 2.77. The summed E-state index contributed by atoms with van der Waals surface area (Å²) < 4.78 is 1.73. The van der Waals surface area contributed by atoms with Gasteiger partial charge in [-0.15, -0.1) is 0 Å². The van der Waals surface area contributed by atoms with Crippen molar-refractivity contribution in [1.29, 1.82) is 0 Å². The number of nitrogens with one attached hydrogen (secondary N) is 2. The molecule has 1 aromatic carbocycles. The first kappa shape index (κ1) is 15.5. The Bertz CT molecular complexity index is 837. The summed E-state index contributed by atoms with van der Waals surface area (Å²) in [6.45, 7) is 0. The Morgan fingerprint density at radius 2 is 2.14 bits per heavy atom. The van der Waals surface area contributed by atoms with Crippen LogP contribution in [0, 0.1) is 0 Å². The number of pyridine rings is 1. The van der Waals surface area contributed by atoms with Crippen LogP contribution >= 0.6 is 43.6 Å². The molecule has 0 fully saturated rings. The summed E-state index contributed by atoms with van der Waals surface area (Å²) in [5, 5.41) is 3.52. The number of hydrogen-bond acceptors (Lipinski definition) is 4. The maximum Gasteiger partial charge on any atom is 0.234 e. The van der Waals surface area contributed by atoms with E-state index in [1.165, 1.54) is 11.8 Å². The molecule has 0 atom stereocenters. The minimum absolute atomic E-state index is 0.0912. The van der Waals surface area contributed by atoms with Gasteiger partial charge in [-0.3, -0.25) is 4.79 Å². The van der Waals surface area contributed by atoms with Crippen LogP contribution in [0.15, 0.2) is 50.6 Å². The van der Waals surface area contributed by atoms with Crippen molar-refractivity contribution in [3.8, 4) is 0 Å². The van der Waals surface area contributed by atoms with Crippen molar-refractivity contribution in [2.24, 2.45) is 0 Å². The molecule has 0 unspecified atom stereocenters. The fourth-order valence-corrected chi connectivity index (χ4v) is 3.19. The molecule has 0 bridgehead atoms. The highest BCUT2D eigenvalue weighted by Gasteiger charge is 2.09. The van der Waals surface area contributed by atoms with Crippen molar-refractivity contribution in [2.45, 2.75) is 5.16 Å². The highest BCUT2D eigenvalue weighted by molar-refractivity contribution is 9.10. The van der Waals surface area contributed by atoms with Gasteiger partial charge in [-0.2, -0.15) is 0 Å². The summed E-state index contributed by atoms with van der Waals surface area (Å²) in [5.41, 5.74) is 2.23. The summed E-state index contributed by atoms with van der Waals surface area (Å²) in [6.07, 6.45) is 1.69. The number of halogens is 2. The van der Waals surface area contributed by atoms with Crippen LogP contribution in [0.4, 0.5) is 5.69 Å². The van der Waals surface area contributed by atoms with Gasteiger partial charge < -0.3 is 10.3 Å². The summed E-state index contributed by atoms with van der Waals surface area (Å²) in [5.74, 6) is 0.175. The monoisotopic (exact) mass is 440 g/mol. The Kier molecular flexibility index (Phi) is 4.80. The van der Waals surface area contributed by atoms with Crippen molar-refractivity contribution in [3.63, 3.8) is 0 Å². The zero-order valence-electron chi connectivity index (χ0n) is 11.1. The lowest BCUT2D eigenvalue weighted by molar-refractivity contribution is -0.113. The first-order valence-electron chi connectivity index (χ1n) is 6.30. The third-order valence-corrected chi connectivity index (χ3v) is 4.77. The van der Waals surface area contributed by atoms with E-state index in [9.17, 15) is 4.79 Å². The van der Waals surface area contributed by atoms with E-state index in [-0.39, 0.29) is 11.7 Å². The highest BCUT2D eigenvalue weighted by Crippen LogP contribution is 2.23. The molecule has 3 rings (SSSR count). The summed E-state index contributed by atoms with van der Waals surface area (Å²) in [4.78, 5) is 23.7. The summed E-state index contributed by atoms with van der Waals surface area (Å²) in [7, 11) is 0. The fourth-order valence-electron chi connectivity index (χ4n) is 1.80. The SMILES string of the molecule is O=C(CSc1nc2ncc(Br)cc2[nH]1)Nc1ccccc1Br. The minimum atomic E-state index is -0.0912. The van der Waals surface area contributed by atoms with Gasteiger partial charge in [0, 0.05) is 15.1 Å². The van der Waals surface area contributed by atoms with E-state index in [4.69, 9.17) is 0 Å². The van der Waals surface area contributed by atoms with E-state index < -0.39 is 0 Å². The normalized spacial score (nSPS) is 10.8. The number of carbonyl (C=O) groups is 1. The number of amides is 1. The molecule has 2 aromatic heterocycles. The molecule has 2 heterocycles. The zero-order valence-corrected chi connectivity index (χ0v) is 15.1. The average Bonchev–Trinajstić information content (AvgIpc) is 2.89. The highest BCUT2D eigenvalue weighted by atomic mass is 79.9. The second kappa shape index (κ2) is 6.80. The second-order valence-corrected chi connectivity index (χ2v) is 7.12. The number of nitrogens with zero attached hydrogens (tertiary/aromatic N) is 2. The van der Waals surface area contributed by atoms with Crippen molar-refractivity contribution < 1.29 is 4.79 Å². The van der Waals surface area contributed by atoms with E-state index in [1.807, 2.05) is 30.3 Å².